The molecule has 1 saturated carbocycles. The van der Waals surface area contributed by atoms with Gasteiger partial charge in [0.05, 0.1) is 12.1 Å². The number of hydrogen-bond acceptors (Lipinski definition) is 3. The number of aromatic amines is 1. The fourth-order valence-corrected chi connectivity index (χ4v) is 3.54. The van der Waals surface area contributed by atoms with Crippen molar-refractivity contribution in [3.63, 3.8) is 0 Å². The summed E-state index contributed by atoms with van der Waals surface area (Å²) in [6.45, 7) is 0. The van der Waals surface area contributed by atoms with Gasteiger partial charge in [-0.15, -0.1) is 0 Å². The highest BCUT2D eigenvalue weighted by molar-refractivity contribution is 7.89. The van der Waals surface area contributed by atoms with E-state index in [2.05, 4.69) is 14.9 Å². The molecular formula is C10H14F3N3O2S. The van der Waals surface area contributed by atoms with Crippen molar-refractivity contribution in [1.82, 2.24) is 14.9 Å². The molecule has 5 nitrogen and oxygen atoms in total. The number of rotatable bonds is 3. The van der Waals surface area contributed by atoms with Gasteiger partial charge in [-0.1, -0.05) is 12.8 Å². The smallest absolute Gasteiger partial charge is 0.266 e. The normalized spacial score (nSPS) is 25.4. The number of H-pyrrole nitrogens is 1. The molecule has 1 heterocycles. The summed E-state index contributed by atoms with van der Waals surface area (Å²) >= 11 is 0. The van der Waals surface area contributed by atoms with Crippen molar-refractivity contribution in [2.24, 2.45) is 5.92 Å². The van der Waals surface area contributed by atoms with Crippen LogP contribution >= 0.6 is 0 Å². The highest BCUT2D eigenvalue weighted by Crippen LogP contribution is 2.38. The summed E-state index contributed by atoms with van der Waals surface area (Å²) in [4.78, 5) is 0. The summed E-state index contributed by atoms with van der Waals surface area (Å²) in [5.74, 6) is -1.63. The van der Waals surface area contributed by atoms with Crippen molar-refractivity contribution >= 4 is 10.0 Å². The van der Waals surface area contributed by atoms with Gasteiger partial charge < -0.3 is 0 Å². The van der Waals surface area contributed by atoms with E-state index in [4.69, 9.17) is 0 Å². The maximum Gasteiger partial charge on any atom is 0.393 e. The maximum atomic E-state index is 12.9. The van der Waals surface area contributed by atoms with E-state index >= 15 is 0 Å². The summed E-state index contributed by atoms with van der Waals surface area (Å²) < 4.78 is 64.5. The molecule has 0 amide bonds. The number of aromatic nitrogens is 2. The van der Waals surface area contributed by atoms with Crippen LogP contribution in [0.15, 0.2) is 17.3 Å². The Labute approximate surface area is 108 Å². The van der Waals surface area contributed by atoms with Crippen molar-refractivity contribution in [1.29, 1.82) is 0 Å². The maximum absolute atomic E-state index is 12.9. The van der Waals surface area contributed by atoms with Gasteiger partial charge in [0.25, 0.3) is 10.0 Å². The van der Waals surface area contributed by atoms with Crippen molar-refractivity contribution < 1.29 is 21.6 Å². The number of halogens is 3. The lowest BCUT2D eigenvalue weighted by molar-refractivity contribution is -0.187. The second-order valence-corrected chi connectivity index (χ2v) is 6.26. The van der Waals surface area contributed by atoms with Crippen molar-refractivity contribution in [2.75, 3.05) is 0 Å². The SMILES string of the molecule is O=S(=O)(NC1CCCCC1C(F)(F)F)c1ccn[nH]1. The molecule has 1 aromatic rings. The molecule has 0 aliphatic heterocycles. The van der Waals surface area contributed by atoms with E-state index in [1.54, 1.807) is 0 Å². The summed E-state index contributed by atoms with van der Waals surface area (Å²) in [6.07, 6.45) is -1.95. The molecule has 1 aliphatic carbocycles. The van der Waals surface area contributed by atoms with E-state index in [0.717, 1.165) is 0 Å². The summed E-state index contributed by atoms with van der Waals surface area (Å²) in [5.41, 5.74) is 0. The highest BCUT2D eigenvalue weighted by atomic mass is 32.2. The third-order valence-corrected chi connectivity index (χ3v) is 4.68. The Morgan fingerprint density at radius 3 is 2.58 bits per heavy atom. The molecule has 19 heavy (non-hydrogen) atoms. The third-order valence-electron chi connectivity index (χ3n) is 3.26. The van der Waals surface area contributed by atoms with Crippen LogP contribution in [0.2, 0.25) is 0 Å². The van der Waals surface area contributed by atoms with Gasteiger partial charge in [-0.3, -0.25) is 5.10 Å². The van der Waals surface area contributed by atoms with Crippen LogP contribution in [0.25, 0.3) is 0 Å². The second kappa shape index (κ2) is 5.12. The molecule has 1 aliphatic rings. The van der Waals surface area contributed by atoms with Gasteiger partial charge in [0.1, 0.15) is 0 Å². The average molecular weight is 297 g/mol. The molecule has 108 valence electrons. The zero-order valence-corrected chi connectivity index (χ0v) is 10.8. The third kappa shape index (κ3) is 3.27. The zero-order valence-electron chi connectivity index (χ0n) is 9.94. The van der Waals surface area contributed by atoms with Gasteiger partial charge in [-0.2, -0.15) is 18.3 Å². The first-order valence-electron chi connectivity index (χ1n) is 5.89. The summed E-state index contributed by atoms with van der Waals surface area (Å²) in [5, 5.41) is 5.50. The monoisotopic (exact) mass is 297 g/mol. The number of nitrogens with one attached hydrogen (secondary N) is 2. The van der Waals surface area contributed by atoms with E-state index < -0.39 is 28.2 Å². The average Bonchev–Trinajstić information content (AvgIpc) is 2.81. The summed E-state index contributed by atoms with van der Waals surface area (Å²) in [6, 6.07) is 0.0929. The first-order chi connectivity index (χ1) is 8.81. The fourth-order valence-electron chi connectivity index (χ4n) is 2.32. The Hall–Kier alpha value is -1.09. The van der Waals surface area contributed by atoms with Crippen molar-refractivity contribution in [2.45, 2.75) is 42.9 Å². The van der Waals surface area contributed by atoms with Crippen LogP contribution in [0, 0.1) is 5.92 Å². The Morgan fingerprint density at radius 1 is 1.32 bits per heavy atom. The van der Waals surface area contributed by atoms with Crippen molar-refractivity contribution in [3.05, 3.63) is 12.3 Å². The Balaban J connectivity index is 2.17. The fraction of sp³-hybridized carbons (Fsp3) is 0.700. The van der Waals surface area contributed by atoms with E-state index in [1.165, 1.54) is 12.3 Å². The lowest BCUT2D eigenvalue weighted by Crippen LogP contribution is -2.47. The van der Waals surface area contributed by atoms with Crippen LogP contribution < -0.4 is 4.72 Å². The standard InChI is InChI=1S/C10H14F3N3O2S/c11-10(12,13)7-3-1-2-4-8(7)16-19(17,18)9-5-6-14-15-9/h5-8,16H,1-4H2,(H,14,15). The minimum atomic E-state index is -4.39. The van der Waals surface area contributed by atoms with E-state index in [9.17, 15) is 21.6 Å². The van der Waals surface area contributed by atoms with Crippen LogP contribution in [-0.4, -0.2) is 30.8 Å². The zero-order chi connectivity index (χ0) is 14.1. The van der Waals surface area contributed by atoms with Crippen LogP contribution in [0.5, 0.6) is 0 Å². The molecule has 9 heteroatoms. The molecule has 0 aromatic carbocycles. The molecule has 0 radical (unpaired) electrons. The van der Waals surface area contributed by atoms with E-state index in [-0.39, 0.29) is 17.9 Å². The second-order valence-electron chi connectivity index (χ2n) is 4.58. The number of nitrogens with zero attached hydrogens (tertiary/aromatic N) is 1. The van der Waals surface area contributed by atoms with Gasteiger partial charge >= 0.3 is 6.18 Å². The number of hydrogen-bond donors (Lipinski definition) is 2. The van der Waals surface area contributed by atoms with E-state index in [0.29, 0.717) is 12.8 Å². The Kier molecular flexibility index (Phi) is 3.86. The van der Waals surface area contributed by atoms with E-state index in [1.807, 2.05) is 0 Å². The van der Waals surface area contributed by atoms with Gasteiger partial charge in [-0.05, 0) is 18.9 Å². The van der Waals surface area contributed by atoms with Crippen LogP contribution in [-0.2, 0) is 10.0 Å². The molecule has 0 bridgehead atoms. The number of alkyl halides is 3. The first-order valence-corrected chi connectivity index (χ1v) is 7.37. The highest BCUT2D eigenvalue weighted by Gasteiger charge is 2.46. The molecule has 1 aromatic heterocycles. The lowest BCUT2D eigenvalue weighted by atomic mass is 9.85. The predicted octanol–water partition coefficient (Wildman–Crippen LogP) is 1.81. The minimum absolute atomic E-state index is 0.0420. The largest absolute Gasteiger partial charge is 0.393 e. The van der Waals surface area contributed by atoms with Gasteiger partial charge in [0, 0.05) is 6.04 Å². The molecule has 2 N–H and O–H groups in total. The first kappa shape index (κ1) is 14.3. The van der Waals surface area contributed by atoms with Crippen molar-refractivity contribution in [3.8, 4) is 0 Å². The predicted molar refractivity (Wildman–Crippen MR) is 60.7 cm³/mol. The topological polar surface area (TPSA) is 74.8 Å². The quantitative estimate of drug-likeness (QED) is 0.893. The molecular weight excluding hydrogens is 283 g/mol. The molecule has 2 atom stereocenters. The molecule has 2 rings (SSSR count). The van der Waals surface area contributed by atoms with Crippen LogP contribution in [0.4, 0.5) is 13.2 Å². The molecule has 0 saturated heterocycles. The van der Waals surface area contributed by atoms with Gasteiger partial charge in [-0.25, -0.2) is 13.1 Å². The Bertz CT molecular complexity index is 513. The molecule has 1 fully saturated rings. The minimum Gasteiger partial charge on any atom is -0.266 e. The summed E-state index contributed by atoms with van der Waals surface area (Å²) in [7, 11) is -3.98. The van der Waals surface area contributed by atoms with Gasteiger partial charge in [0.2, 0.25) is 0 Å². The molecule has 0 spiro atoms. The van der Waals surface area contributed by atoms with Gasteiger partial charge in [0.15, 0.2) is 5.03 Å². The van der Waals surface area contributed by atoms with Crippen LogP contribution in [0.1, 0.15) is 25.7 Å². The Morgan fingerprint density at radius 2 is 2.00 bits per heavy atom. The molecule has 2 unspecified atom stereocenters. The number of sulfonamides is 1. The lowest BCUT2D eigenvalue weighted by Gasteiger charge is -2.33. The van der Waals surface area contributed by atoms with Crippen LogP contribution in [0.3, 0.4) is 0 Å².